The van der Waals surface area contributed by atoms with E-state index in [1.807, 2.05) is 36.5 Å². The number of anilines is 2. The van der Waals surface area contributed by atoms with Crippen LogP contribution in [0.1, 0.15) is 41.3 Å². The molecule has 6 rings (SSSR count). The lowest BCUT2D eigenvalue weighted by Crippen LogP contribution is -2.49. The zero-order valence-electron chi connectivity index (χ0n) is 22.2. The van der Waals surface area contributed by atoms with E-state index in [9.17, 15) is 4.79 Å². The van der Waals surface area contributed by atoms with Crippen LogP contribution in [0.2, 0.25) is 0 Å². The molecule has 194 valence electrons. The van der Waals surface area contributed by atoms with Crippen molar-refractivity contribution in [2.75, 3.05) is 31.5 Å². The highest BCUT2D eigenvalue weighted by molar-refractivity contribution is 5.98. The Morgan fingerprint density at radius 2 is 1.79 bits per heavy atom. The van der Waals surface area contributed by atoms with Crippen molar-refractivity contribution in [1.82, 2.24) is 19.8 Å². The van der Waals surface area contributed by atoms with E-state index in [2.05, 4.69) is 75.3 Å². The van der Waals surface area contributed by atoms with Crippen molar-refractivity contribution in [2.24, 2.45) is 0 Å². The van der Waals surface area contributed by atoms with Gasteiger partial charge in [-0.05, 0) is 73.7 Å². The molecule has 2 N–H and O–H groups in total. The van der Waals surface area contributed by atoms with Gasteiger partial charge in [-0.1, -0.05) is 49.4 Å². The van der Waals surface area contributed by atoms with Gasteiger partial charge < -0.3 is 20.1 Å². The lowest BCUT2D eigenvalue weighted by Gasteiger charge is -2.40. The molecule has 2 aliphatic heterocycles. The van der Waals surface area contributed by atoms with Crippen LogP contribution >= 0.6 is 0 Å². The number of piperidine rings is 1. The maximum atomic E-state index is 13.5. The van der Waals surface area contributed by atoms with Gasteiger partial charge in [0.2, 0.25) is 0 Å². The molecule has 1 aromatic heterocycles. The van der Waals surface area contributed by atoms with Crippen LogP contribution in [0.15, 0.2) is 72.9 Å². The third kappa shape index (κ3) is 4.72. The lowest BCUT2D eigenvalue weighted by molar-refractivity contribution is 0.0558. The molecule has 0 spiro atoms. The molecule has 0 bridgehead atoms. The van der Waals surface area contributed by atoms with Crippen molar-refractivity contribution < 1.29 is 4.79 Å². The first kappa shape index (κ1) is 24.4. The molecule has 3 aromatic carbocycles. The smallest absolute Gasteiger partial charge is 0.254 e. The molecule has 6 nitrogen and oxygen atoms in total. The molecule has 2 aliphatic rings. The fraction of sp³-hybridized carbons (Fsp3) is 0.312. The summed E-state index contributed by atoms with van der Waals surface area (Å²) in [5.41, 5.74) is 8.27. The molecule has 1 amide bonds. The zero-order chi connectivity index (χ0) is 26.1. The van der Waals surface area contributed by atoms with Gasteiger partial charge in [0, 0.05) is 48.2 Å². The van der Waals surface area contributed by atoms with E-state index in [1.165, 1.54) is 0 Å². The number of aromatic amines is 1. The van der Waals surface area contributed by atoms with Gasteiger partial charge in [-0.25, -0.2) is 4.98 Å². The van der Waals surface area contributed by atoms with Crippen LogP contribution < -0.4 is 5.32 Å². The first-order chi connectivity index (χ1) is 18.6. The van der Waals surface area contributed by atoms with Gasteiger partial charge in [-0.2, -0.15) is 0 Å². The summed E-state index contributed by atoms with van der Waals surface area (Å²) in [4.78, 5) is 26.3. The SMILES string of the molecule is CCN1CCC(N2CCc3c(Nc4ccc(C)c(-c5ncc(-c6ccccc6)[nH]5)c4)cccc3C2=O)CC1. The molecule has 38 heavy (non-hydrogen) atoms. The number of benzene rings is 3. The largest absolute Gasteiger partial charge is 0.355 e. The number of nitrogens with one attached hydrogen (secondary N) is 2. The fourth-order valence-electron chi connectivity index (χ4n) is 5.89. The third-order valence-electron chi connectivity index (χ3n) is 8.15. The first-order valence-electron chi connectivity index (χ1n) is 13.7. The quantitative estimate of drug-likeness (QED) is 0.324. The summed E-state index contributed by atoms with van der Waals surface area (Å²) in [6.45, 7) is 8.36. The van der Waals surface area contributed by atoms with Gasteiger partial charge in [0.15, 0.2) is 0 Å². The number of aryl methyl sites for hydroxylation is 1. The minimum absolute atomic E-state index is 0.179. The van der Waals surface area contributed by atoms with Crippen LogP contribution in [0.3, 0.4) is 0 Å². The van der Waals surface area contributed by atoms with Crippen molar-refractivity contribution >= 4 is 17.3 Å². The van der Waals surface area contributed by atoms with E-state index in [0.29, 0.717) is 6.04 Å². The van der Waals surface area contributed by atoms with Gasteiger partial charge in [-0.15, -0.1) is 0 Å². The number of fused-ring (bicyclic) bond motifs is 1. The summed E-state index contributed by atoms with van der Waals surface area (Å²) < 4.78 is 0. The summed E-state index contributed by atoms with van der Waals surface area (Å²) in [6.07, 6.45) is 4.90. The van der Waals surface area contributed by atoms with Gasteiger partial charge in [-0.3, -0.25) is 4.79 Å². The second-order valence-electron chi connectivity index (χ2n) is 10.4. The molecule has 0 aliphatic carbocycles. The monoisotopic (exact) mass is 505 g/mol. The number of likely N-dealkylation sites (tertiary alicyclic amines) is 1. The Morgan fingerprint density at radius 1 is 0.974 bits per heavy atom. The Hall–Kier alpha value is -3.90. The Bertz CT molecular complexity index is 1440. The standard InChI is InChI=1S/C32H35N5O/c1-3-36-17-14-25(15-18-36)37-19-16-26-27(32(37)38)10-7-11-29(26)34-24-13-12-22(2)28(20-24)31-33-21-30(35-31)23-8-5-4-6-9-23/h4-13,20-21,25,34H,3,14-19H2,1-2H3,(H,33,35). The first-order valence-corrected chi connectivity index (χ1v) is 13.7. The summed E-state index contributed by atoms with van der Waals surface area (Å²) in [6, 6.07) is 23.0. The summed E-state index contributed by atoms with van der Waals surface area (Å²) in [5, 5.41) is 3.62. The van der Waals surface area contributed by atoms with Gasteiger partial charge in [0.1, 0.15) is 5.82 Å². The molecule has 0 unspecified atom stereocenters. The number of hydrogen-bond acceptors (Lipinski definition) is 4. The third-order valence-corrected chi connectivity index (χ3v) is 8.15. The minimum atomic E-state index is 0.179. The van der Waals surface area contributed by atoms with Crippen molar-refractivity contribution in [2.45, 2.75) is 39.2 Å². The van der Waals surface area contributed by atoms with Crippen molar-refractivity contribution in [1.29, 1.82) is 0 Å². The normalized spacial score (nSPS) is 16.5. The molecular weight excluding hydrogens is 470 g/mol. The second-order valence-corrected chi connectivity index (χ2v) is 10.4. The zero-order valence-corrected chi connectivity index (χ0v) is 22.2. The maximum absolute atomic E-state index is 13.5. The molecule has 1 fully saturated rings. The van der Waals surface area contributed by atoms with E-state index in [0.717, 1.165) is 96.2 Å². The van der Waals surface area contributed by atoms with E-state index >= 15 is 0 Å². The van der Waals surface area contributed by atoms with Gasteiger partial charge >= 0.3 is 0 Å². The molecule has 1 saturated heterocycles. The van der Waals surface area contributed by atoms with Crippen LogP contribution in [-0.4, -0.2) is 57.9 Å². The van der Waals surface area contributed by atoms with Crippen LogP contribution in [0.5, 0.6) is 0 Å². The number of nitrogens with zero attached hydrogens (tertiary/aromatic N) is 3. The van der Waals surface area contributed by atoms with Gasteiger partial charge in [0.05, 0.1) is 11.9 Å². The van der Waals surface area contributed by atoms with Crippen LogP contribution in [0, 0.1) is 6.92 Å². The highest BCUT2D eigenvalue weighted by atomic mass is 16.2. The molecule has 6 heteroatoms. The van der Waals surface area contributed by atoms with Gasteiger partial charge in [0.25, 0.3) is 5.91 Å². The van der Waals surface area contributed by atoms with E-state index in [1.54, 1.807) is 0 Å². The highest BCUT2D eigenvalue weighted by Crippen LogP contribution is 2.33. The molecule has 4 aromatic rings. The summed E-state index contributed by atoms with van der Waals surface area (Å²) >= 11 is 0. The number of imidazole rings is 1. The van der Waals surface area contributed by atoms with E-state index in [-0.39, 0.29) is 5.91 Å². The van der Waals surface area contributed by atoms with Crippen LogP contribution in [-0.2, 0) is 6.42 Å². The molecule has 0 saturated carbocycles. The topological polar surface area (TPSA) is 64.3 Å². The number of carbonyl (C=O) groups excluding carboxylic acids is 1. The number of rotatable bonds is 6. The van der Waals surface area contributed by atoms with Crippen molar-refractivity contribution in [3.8, 4) is 22.6 Å². The molecule has 3 heterocycles. The average molecular weight is 506 g/mol. The van der Waals surface area contributed by atoms with Crippen molar-refractivity contribution in [3.05, 3.63) is 89.6 Å². The Morgan fingerprint density at radius 3 is 2.58 bits per heavy atom. The number of hydrogen-bond donors (Lipinski definition) is 2. The maximum Gasteiger partial charge on any atom is 0.254 e. The molecule has 0 atom stereocenters. The Balaban J connectivity index is 1.23. The lowest BCUT2D eigenvalue weighted by atomic mass is 9.93. The molecule has 0 radical (unpaired) electrons. The fourth-order valence-corrected chi connectivity index (χ4v) is 5.89. The van der Waals surface area contributed by atoms with Crippen molar-refractivity contribution in [3.63, 3.8) is 0 Å². The van der Waals surface area contributed by atoms with Crippen LogP contribution in [0.25, 0.3) is 22.6 Å². The Labute approximate surface area is 224 Å². The van der Waals surface area contributed by atoms with E-state index in [4.69, 9.17) is 0 Å². The Kier molecular flexibility index (Phi) is 6.73. The average Bonchev–Trinajstić information content (AvgIpc) is 3.45. The molecular formula is C32H35N5O. The second kappa shape index (κ2) is 10.5. The predicted octanol–water partition coefficient (Wildman–Crippen LogP) is 6.28. The van der Waals surface area contributed by atoms with E-state index < -0.39 is 0 Å². The predicted molar refractivity (Wildman–Crippen MR) is 154 cm³/mol. The highest BCUT2D eigenvalue weighted by Gasteiger charge is 2.32. The number of aromatic nitrogens is 2. The number of H-pyrrole nitrogens is 1. The number of carbonyl (C=O) groups is 1. The summed E-state index contributed by atoms with van der Waals surface area (Å²) in [5.74, 6) is 1.03. The summed E-state index contributed by atoms with van der Waals surface area (Å²) in [7, 11) is 0. The number of amides is 1. The minimum Gasteiger partial charge on any atom is -0.355 e. The van der Waals surface area contributed by atoms with Crippen LogP contribution in [0.4, 0.5) is 11.4 Å².